The Morgan fingerprint density at radius 1 is 0.947 bits per heavy atom. The van der Waals surface area contributed by atoms with E-state index in [1.807, 2.05) is 12.1 Å². The predicted molar refractivity (Wildman–Crippen MR) is 74.3 cm³/mol. The van der Waals surface area contributed by atoms with Crippen molar-refractivity contribution in [2.24, 2.45) is 0 Å². The van der Waals surface area contributed by atoms with Crippen molar-refractivity contribution in [1.82, 2.24) is 0 Å². The molecule has 0 saturated carbocycles. The van der Waals surface area contributed by atoms with Crippen molar-refractivity contribution < 1.29 is 24.4 Å². The molecule has 5 nitrogen and oxygen atoms in total. The first-order valence-corrected chi connectivity index (χ1v) is 6.52. The Labute approximate surface area is 115 Å². The van der Waals surface area contributed by atoms with Crippen LogP contribution in [0.25, 0.3) is 0 Å². The predicted octanol–water partition coefficient (Wildman–Crippen LogP) is -1.08. The smallest absolute Gasteiger partial charge is 0.164 e. The van der Waals surface area contributed by atoms with Gasteiger partial charge in [-0.15, -0.1) is 0 Å². The van der Waals surface area contributed by atoms with E-state index < -0.39 is 0 Å². The number of hydrogen-bond acceptors (Lipinski definition) is 3. The fraction of sp³-hybridized carbons (Fsp3) is 0.571. The molecule has 0 unspecified atom stereocenters. The molecule has 3 N–H and O–H groups in total. The third-order valence-corrected chi connectivity index (χ3v) is 3.00. The van der Waals surface area contributed by atoms with Gasteiger partial charge in [-0.3, -0.25) is 0 Å². The summed E-state index contributed by atoms with van der Waals surface area (Å²) in [5, 5.41) is 2.27. The zero-order chi connectivity index (χ0) is 14.3. The van der Waals surface area contributed by atoms with Gasteiger partial charge in [0.1, 0.15) is 25.4 Å². The van der Waals surface area contributed by atoms with E-state index in [9.17, 15) is 0 Å². The lowest BCUT2D eigenvalue weighted by atomic mass is 10.1. The maximum absolute atomic E-state index is 5.40. The molecule has 0 atom stereocenters. The van der Waals surface area contributed by atoms with E-state index >= 15 is 0 Å². The van der Waals surface area contributed by atoms with Crippen LogP contribution in [0.5, 0.6) is 17.2 Å². The van der Waals surface area contributed by atoms with Gasteiger partial charge in [0.05, 0.1) is 41.0 Å². The number of nitrogens with one attached hydrogen (secondary N) is 1. The molecule has 0 aliphatic heterocycles. The van der Waals surface area contributed by atoms with Crippen molar-refractivity contribution in [2.45, 2.75) is 6.54 Å². The Kier molecular flexibility index (Phi) is 6.45. The van der Waals surface area contributed by atoms with Crippen molar-refractivity contribution in [3.63, 3.8) is 0 Å². The zero-order valence-electron chi connectivity index (χ0n) is 12.6. The lowest BCUT2D eigenvalue weighted by Crippen LogP contribution is -3.09. The first-order chi connectivity index (χ1) is 9.12. The quantitative estimate of drug-likeness (QED) is 0.591. The average Bonchev–Trinajstić information content (AvgIpc) is 2.42. The minimum Gasteiger partial charge on any atom is -0.496 e. The molecule has 0 bridgehead atoms. The summed E-state index contributed by atoms with van der Waals surface area (Å²) in [5.41, 5.74) is 1.12. The standard InChI is InChI=1S/C14H24N2O3/c1-16(2)7-6-15-10-11-8-13(18-4)14(19-5)9-12(11)17-3/h8-9,15H,6-7,10H2,1-5H3/p+2. The summed E-state index contributed by atoms with van der Waals surface area (Å²) in [5.74, 6) is 2.27. The van der Waals surface area contributed by atoms with Crippen molar-refractivity contribution in [3.8, 4) is 17.2 Å². The van der Waals surface area contributed by atoms with E-state index in [4.69, 9.17) is 14.2 Å². The molecule has 0 saturated heterocycles. The molecule has 0 aromatic heterocycles. The summed E-state index contributed by atoms with van der Waals surface area (Å²) < 4.78 is 16.0. The summed E-state index contributed by atoms with van der Waals surface area (Å²) in [7, 11) is 9.26. The molecule has 0 fully saturated rings. The first-order valence-electron chi connectivity index (χ1n) is 6.52. The Hall–Kier alpha value is -1.46. The van der Waals surface area contributed by atoms with Crippen molar-refractivity contribution in [2.75, 3.05) is 48.5 Å². The number of quaternary nitrogens is 2. The molecule has 108 valence electrons. The molecular weight excluding hydrogens is 244 g/mol. The van der Waals surface area contributed by atoms with E-state index in [-0.39, 0.29) is 0 Å². The number of nitrogens with two attached hydrogens (primary N) is 1. The number of benzene rings is 1. The Balaban J connectivity index is 2.75. The summed E-state index contributed by atoms with van der Waals surface area (Å²) in [6.45, 7) is 3.09. The highest BCUT2D eigenvalue weighted by atomic mass is 16.5. The minimum absolute atomic E-state index is 0.695. The van der Waals surface area contributed by atoms with E-state index in [1.165, 1.54) is 4.90 Å². The van der Waals surface area contributed by atoms with Gasteiger partial charge in [-0.2, -0.15) is 0 Å². The highest BCUT2D eigenvalue weighted by Gasteiger charge is 2.12. The molecule has 1 rings (SSSR count). The molecule has 0 aliphatic carbocycles. The third-order valence-electron chi connectivity index (χ3n) is 3.00. The van der Waals surface area contributed by atoms with Crippen LogP contribution in [0.3, 0.4) is 0 Å². The van der Waals surface area contributed by atoms with Crippen LogP contribution in [0.15, 0.2) is 12.1 Å². The van der Waals surface area contributed by atoms with Gasteiger partial charge in [0.25, 0.3) is 0 Å². The SMILES string of the molecule is COc1cc(OC)c(OC)cc1C[NH2+]CC[NH+](C)C. The van der Waals surface area contributed by atoms with Crippen LogP contribution in [0.4, 0.5) is 0 Å². The molecule has 1 aromatic rings. The van der Waals surface area contributed by atoms with Crippen LogP contribution < -0.4 is 24.4 Å². The Bertz CT molecular complexity index is 395. The van der Waals surface area contributed by atoms with Gasteiger partial charge < -0.3 is 24.4 Å². The van der Waals surface area contributed by atoms with Gasteiger partial charge in [0, 0.05) is 6.07 Å². The van der Waals surface area contributed by atoms with Crippen molar-refractivity contribution >= 4 is 0 Å². The van der Waals surface area contributed by atoms with Crippen LogP contribution in [-0.4, -0.2) is 48.5 Å². The molecule has 0 amide bonds. The summed E-state index contributed by atoms with van der Waals surface area (Å²) in [6, 6.07) is 3.86. The van der Waals surface area contributed by atoms with Crippen LogP contribution in [0.1, 0.15) is 5.56 Å². The van der Waals surface area contributed by atoms with Crippen LogP contribution >= 0.6 is 0 Å². The second-order valence-electron chi connectivity index (χ2n) is 4.76. The Morgan fingerprint density at radius 2 is 1.53 bits per heavy atom. The second kappa shape index (κ2) is 7.86. The summed E-state index contributed by atoms with van der Waals surface area (Å²) in [6.07, 6.45) is 0. The molecule has 0 heterocycles. The van der Waals surface area contributed by atoms with Crippen LogP contribution in [-0.2, 0) is 6.54 Å². The average molecular weight is 270 g/mol. The molecule has 5 heteroatoms. The van der Waals surface area contributed by atoms with Crippen molar-refractivity contribution in [1.29, 1.82) is 0 Å². The van der Waals surface area contributed by atoms with Gasteiger partial charge >= 0.3 is 0 Å². The first kappa shape index (κ1) is 15.6. The number of methoxy groups -OCH3 is 3. The maximum Gasteiger partial charge on any atom is 0.164 e. The van der Waals surface area contributed by atoms with Gasteiger partial charge in [0.2, 0.25) is 0 Å². The lowest BCUT2D eigenvalue weighted by Gasteiger charge is -2.13. The maximum atomic E-state index is 5.40. The van der Waals surface area contributed by atoms with E-state index in [2.05, 4.69) is 19.4 Å². The third kappa shape index (κ3) is 4.61. The van der Waals surface area contributed by atoms with Gasteiger partial charge in [-0.25, -0.2) is 0 Å². The van der Waals surface area contributed by atoms with E-state index in [0.717, 1.165) is 36.7 Å². The summed E-state index contributed by atoms with van der Waals surface area (Å²) in [4.78, 5) is 1.45. The topological polar surface area (TPSA) is 48.7 Å². The van der Waals surface area contributed by atoms with E-state index in [0.29, 0.717) is 5.75 Å². The lowest BCUT2D eigenvalue weighted by molar-refractivity contribution is -0.875. The van der Waals surface area contributed by atoms with Gasteiger partial charge in [0.15, 0.2) is 11.5 Å². The monoisotopic (exact) mass is 270 g/mol. The largest absolute Gasteiger partial charge is 0.496 e. The number of likely N-dealkylation sites (N-methyl/N-ethyl adjacent to an activating group) is 1. The molecule has 0 aliphatic rings. The number of ether oxygens (including phenoxy) is 3. The number of hydrogen-bond donors (Lipinski definition) is 2. The van der Waals surface area contributed by atoms with Crippen molar-refractivity contribution in [3.05, 3.63) is 17.7 Å². The summed E-state index contributed by atoms with van der Waals surface area (Å²) >= 11 is 0. The number of rotatable bonds is 8. The Morgan fingerprint density at radius 3 is 2.05 bits per heavy atom. The van der Waals surface area contributed by atoms with Crippen LogP contribution in [0.2, 0.25) is 0 Å². The second-order valence-corrected chi connectivity index (χ2v) is 4.76. The van der Waals surface area contributed by atoms with Gasteiger partial charge in [-0.1, -0.05) is 0 Å². The van der Waals surface area contributed by atoms with Gasteiger partial charge in [-0.05, 0) is 6.07 Å². The fourth-order valence-electron chi connectivity index (χ4n) is 1.90. The van der Waals surface area contributed by atoms with E-state index in [1.54, 1.807) is 21.3 Å². The minimum atomic E-state index is 0.695. The fourth-order valence-corrected chi connectivity index (χ4v) is 1.90. The highest BCUT2D eigenvalue weighted by molar-refractivity contribution is 5.50. The van der Waals surface area contributed by atoms with Crippen LogP contribution in [0, 0.1) is 0 Å². The highest BCUT2D eigenvalue weighted by Crippen LogP contribution is 2.34. The molecule has 0 radical (unpaired) electrons. The molecule has 1 aromatic carbocycles. The molecule has 19 heavy (non-hydrogen) atoms. The normalized spacial score (nSPS) is 10.6. The molecule has 0 spiro atoms. The zero-order valence-corrected chi connectivity index (χ0v) is 12.6. The molecular formula is C14H26N2O3+2.